The van der Waals surface area contributed by atoms with Crippen LogP contribution in [-0.2, 0) is 12.7 Å². The lowest BCUT2D eigenvalue weighted by Gasteiger charge is -2.11. The summed E-state index contributed by atoms with van der Waals surface area (Å²) in [5.41, 5.74) is 7.08. The van der Waals surface area contributed by atoms with Gasteiger partial charge in [-0.2, -0.15) is 13.2 Å². The van der Waals surface area contributed by atoms with E-state index in [2.05, 4.69) is 27.9 Å². The van der Waals surface area contributed by atoms with Gasteiger partial charge in [-0.1, -0.05) is 12.1 Å². The van der Waals surface area contributed by atoms with Crippen LogP contribution in [0.25, 0.3) is 0 Å². The summed E-state index contributed by atoms with van der Waals surface area (Å²) in [6.07, 6.45) is -4.31. The maximum atomic E-state index is 12.6. The monoisotopic (exact) mass is 392 g/mol. The fourth-order valence-electron chi connectivity index (χ4n) is 1.73. The largest absolute Gasteiger partial charge is 0.416 e. The first-order valence-electron chi connectivity index (χ1n) is 5.81. The molecule has 2 rings (SSSR count). The second kappa shape index (κ2) is 5.90. The van der Waals surface area contributed by atoms with Crippen LogP contribution < -0.4 is 11.1 Å². The Bertz CT molecular complexity index is 612. The molecule has 0 saturated carbocycles. The Balaban J connectivity index is 2.11. The predicted molar refractivity (Wildman–Crippen MR) is 82.3 cm³/mol. The van der Waals surface area contributed by atoms with Crippen LogP contribution in [0.1, 0.15) is 11.1 Å². The highest BCUT2D eigenvalue weighted by Gasteiger charge is 2.30. The number of nitrogens with one attached hydrogen (secondary N) is 1. The molecular formula is C14H12F3IN2. The molecule has 6 heteroatoms. The molecule has 0 heterocycles. The van der Waals surface area contributed by atoms with Gasteiger partial charge in [0.1, 0.15) is 0 Å². The fraction of sp³-hybridized carbons (Fsp3) is 0.143. The molecule has 0 aliphatic carbocycles. The molecule has 3 N–H and O–H groups in total. The van der Waals surface area contributed by atoms with Crippen LogP contribution in [0, 0.1) is 3.57 Å². The molecule has 20 heavy (non-hydrogen) atoms. The van der Waals surface area contributed by atoms with Crippen molar-refractivity contribution in [2.75, 3.05) is 11.1 Å². The minimum atomic E-state index is -4.31. The second-order valence-electron chi connectivity index (χ2n) is 4.29. The lowest BCUT2D eigenvalue weighted by atomic mass is 10.1. The summed E-state index contributed by atoms with van der Waals surface area (Å²) in [6, 6.07) is 10.6. The van der Waals surface area contributed by atoms with Crippen LogP contribution >= 0.6 is 22.6 Å². The lowest BCUT2D eigenvalue weighted by Crippen LogP contribution is -2.07. The predicted octanol–water partition coefficient (Wildman–Crippen LogP) is 4.50. The van der Waals surface area contributed by atoms with Gasteiger partial charge in [0.25, 0.3) is 0 Å². The van der Waals surface area contributed by atoms with Crippen molar-refractivity contribution in [3.05, 3.63) is 57.2 Å². The number of anilines is 2. The lowest BCUT2D eigenvalue weighted by molar-refractivity contribution is -0.137. The summed E-state index contributed by atoms with van der Waals surface area (Å²) in [7, 11) is 0. The van der Waals surface area contributed by atoms with Crippen LogP contribution in [0.3, 0.4) is 0 Å². The fourth-order valence-corrected chi connectivity index (χ4v) is 2.46. The average Bonchev–Trinajstić information content (AvgIpc) is 2.37. The molecule has 0 aromatic heterocycles. The van der Waals surface area contributed by atoms with E-state index < -0.39 is 11.7 Å². The van der Waals surface area contributed by atoms with Gasteiger partial charge in [0.2, 0.25) is 0 Å². The van der Waals surface area contributed by atoms with E-state index in [0.29, 0.717) is 17.8 Å². The minimum Gasteiger partial charge on any atom is -0.399 e. The van der Waals surface area contributed by atoms with Crippen LogP contribution in [0.4, 0.5) is 24.5 Å². The van der Waals surface area contributed by atoms with Crippen LogP contribution in [0.15, 0.2) is 42.5 Å². The van der Waals surface area contributed by atoms with E-state index in [1.807, 2.05) is 6.07 Å². The molecule has 0 saturated heterocycles. The first-order chi connectivity index (χ1) is 9.36. The topological polar surface area (TPSA) is 38.0 Å². The van der Waals surface area contributed by atoms with Gasteiger partial charge in [0.15, 0.2) is 0 Å². The van der Waals surface area contributed by atoms with E-state index in [0.717, 1.165) is 21.4 Å². The van der Waals surface area contributed by atoms with Crippen molar-refractivity contribution in [3.8, 4) is 0 Å². The van der Waals surface area contributed by atoms with Crippen molar-refractivity contribution in [1.29, 1.82) is 0 Å². The van der Waals surface area contributed by atoms with Crippen molar-refractivity contribution in [2.45, 2.75) is 12.7 Å². The molecule has 2 aromatic rings. The zero-order valence-corrected chi connectivity index (χ0v) is 12.5. The number of benzene rings is 2. The quantitative estimate of drug-likeness (QED) is 0.596. The summed E-state index contributed by atoms with van der Waals surface area (Å²) in [5.74, 6) is 0. The van der Waals surface area contributed by atoms with E-state index in [1.165, 1.54) is 6.07 Å². The smallest absolute Gasteiger partial charge is 0.399 e. The normalized spacial score (nSPS) is 11.4. The van der Waals surface area contributed by atoms with Gasteiger partial charge in [0, 0.05) is 21.5 Å². The molecule has 0 aliphatic rings. The van der Waals surface area contributed by atoms with Crippen molar-refractivity contribution < 1.29 is 13.2 Å². The molecule has 0 spiro atoms. The van der Waals surface area contributed by atoms with Gasteiger partial charge >= 0.3 is 6.18 Å². The maximum absolute atomic E-state index is 12.6. The molecule has 106 valence electrons. The van der Waals surface area contributed by atoms with Crippen molar-refractivity contribution in [2.24, 2.45) is 0 Å². The Hall–Kier alpha value is -1.44. The average molecular weight is 392 g/mol. The molecule has 0 radical (unpaired) electrons. The molecule has 0 bridgehead atoms. The third kappa shape index (κ3) is 3.78. The SMILES string of the molecule is Nc1ccc(NCc2cccc(C(F)(F)F)c2)c(I)c1. The van der Waals surface area contributed by atoms with Gasteiger partial charge in [-0.05, 0) is 58.5 Å². The van der Waals surface area contributed by atoms with Gasteiger partial charge in [0.05, 0.1) is 5.56 Å². The van der Waals surface area contributed by atoms with Crippen LogP contribution in [0.2, 0.25) is 0 Å². The Morgan fingerprint density at radius 3 is 2.50 bits per heavy atom. The Labute approximate surface area is 128 Å². The van der Waals surface area contributed by atoms with Gasteiger partial charge in [-0.15, -0.1) is 0 Å². The zero-order valence-electron chi connectivity index (χ0n) is 10.3. The highest BCUT2D eigenvalue weighted by Crippen LogP contribution is 2.29. The standard InChI is InChI=1S/C14H12F3IN2/c15-14(16,17)10-3-1-2-9(6-10)8-20-13-5-4-11(19)7-12(13)18/h1-7,20H,8,19H2. The minimum absolute atomic E-state index is 0.323. The molecule has 2 nitrogen and oxygen atoms in total. The van der Waals surface area contributed by atoms with E-state index >= 15 is 0 Å². The summed E-state index contributed by atoms with van der Waals surface area (Å²) in [5, 5.41) is 3.10. The molecular weight excluding hydrogens is 380 g/mol. The number of nitrogens with two attached hydrogens (primary N) is 1. The van der Waals surface area contributed by atoms with Crippen LogP contribution in [-0.4, -0.2) is 0 Å². The number of hydrogen-bond acceptors (Lipinski definition) is 2. The Kier molecular flexibility index (Phi) is 4.42. The van der Waals surface area contributed by atoms with Gasteiger partial charge in [-0.25, -0.2) is 0 Å². The van der Waals surface area contributed by atoms with E-state index in [-0.39, 0.29) is 0 Å². The number of halogens is 4. The van der Waals surface area contributed by atoms with Gasteiger partial charge in [-0.3, -0.25) is 0 Å². The number of hydrogen-bond donors (Lipinski definition) is 2. The number of nitrogen functional groups attached to an aromatic ring is 1. The van der Waals surface area contributed by atoms with Crippen molar-refractivity contribution in [1.82, 2.24) is 0 Å². The van der Waals surface area contributed by atoms with E-state index in [9.17, 15) is 13.2 Å². The van der Waals surface area contributed by atoms with E-state index in [1.54, 1.807) is 18.2 Å². The Morgan fingerprint density at radius 1 is 1.10 bits per heavy atom. The third-order valence-electron chi connectivity index (χ3n) is 2.73. The van der Waals surface area contributed by atoms with E-state index in [4.69, 9.17) is 5.73 Å². The molecule has 0 fully saturated rings. The number of rotatable bonds is 3. The first kappa shape index (κ1) is 15.0. The second-order valence-corrected chi connectivity index (χ2v) is 5.45. The van der Waals surface area contributed by atoms with Crippen LogP contribution in [0.5, 0.6) is 0 Å². The highest BCUT2D eigenvalue weighted by molar-refractivity contribution is 14.1. The Morgan fingerprint density at radius 2 is 1.85 bits per heavy atom. The maximum Gasteiger partial charge on any atom is 0.416 e. The molecule has 2 aromatic carbocycles. The molecule has 0 unspecified atom stereocenters. The third-order valence-corrected chi connectivity index (χ3v) is 3.62. The van der Waals surface area contributed by atoms with Gasteiger partial charge < -0.3 is 11.1 Å². The summed E-state index contributed by atoms with van der Waals surface area (Å²) in [4.78, 5) is 0. The summed E-state index contributed by atoms with van der Waals surface area (Å²) in [6.45, 7) is 0.323. The summed E-state index contributed by atoms with van der Waals surface area (Å²) < 4.78 is 38.7. The highest BCUT2D eigenvalue weighted by atomic mass is 127. The number of alkyl halides is 3. The summed E-state index contributed by atoms with van der Waals surface area (Å²) >= 11 is 2.13. The first-order valence-corrected chi connectivity index (χ1v) is 6.89. The van der Waals surface area contributed by atoms with Crippen molar-refractivity contribution >= 4 is 34.0 Å². The molecule has 0 amide bonds. The molecule has 0 aliphatic heterocycles. The molecule has 0 atom stereocenters. The zero-order chi connectivity index (χ0) is 14.8. The van der Waals surface area contributed by atoms with Crippen molar-refractivity contribution in [3.63, 3.8) is 0 Å².